The summed E-state index contributed by atoms with van der Waals surface area (Å²) in [5.74, 6) is 0.875. The Kier molecular flexibility index (Phi) is 5.47. The fourth-order valence-corrected chi connectivity index (χ4v) is 3.80. The molecule has 4 nitrogen and oxygen atoms in total. The molecule has 3 aromatic rings. The Morgan fingerprint density at radius 2 is 1.85 bits per heavy atom. The predicted molar refractivity (Wildman–Crippen MR) is 110 cm³/mol. The van der Waals surface area contributed by atoms with Gasteiger partial charge in [0.15, 0.2) is 5.43 Å². The Hall–Kier alpha value is -2.53. The third-order valence-electron chi connectivity index (χ3n) is 4.24. The van der Waals surface area contributed by atoms with Crippen LogP contribution in [-0.2, 0) is 10.5 Å². The number of carbonyl (C=O) groups excluding carboxylic acids is 1. The summed E-state index contributed by atoms with van der Waals surface area (Å²) in [6.45, 7) is 5.93. The minimum absolute atomic E-state index is 0.0243. The molecule has 0 radical (unpaired) electrons. The molecule has 0 atom stereocenters. The van der Waals surface area contributed by atoms with E-state index in [1.54, 1.807) is 6.07 Å². The van der Waals surface area contributed by atoms with E-state index in [-0.39, 0.29) is 11.3 Å². The Bertz CT molecular complexity index is 1020. The van der Waals surface area contributed by atoms with Crippen molar-refractivity contribution in [1.82, 2.24) is 4.98 Å². The van der Waals surface area contributed by atoms with Gasteiger partial charge in [-0.3, -0.25) is 9.59 Å². The molecule has 0 unspecified atom stereocenters. The van der Waals surface area contributed by atoms with Crippen LogP contribution in [0.4, 0.5) is 5.69 Å². The number of anilines is 1. The van der Waals surface area contributed by atoms with Crippen LogP contribution in [0.1, 0.15) is 22.4 Å². The molecule has 134 valence electrons. The molecule has 5 heteroatoms. The number of hydrogen-bond donors (Lipinski definition) is 2. The molecule has 26 heavy (non-hydrogen) atoms. The Labute approximate surface area is 157 Å². The first-order valence-electron chi connectivity index (χ1n) is 8.50. The molecule has 0 spiro atoms. The number of nitrogens with one attached hydrogen (secondary N) is 2. The highest BCUT2D eigenvalue weighted by atomic mass is 32.2. The zero-order chi connectivity index (χ0) is 18.7. The standard InChI is InChI=1S/C21H22N2O2S/c1-13-8-15(3)21-18(9-13)22-16(10-19(21)24)11-26-12-20(25)23-17-7-5-4-6-14(17)2/h4-10H,11-12H2,1-3H3,(H,22,24)(H,23,25). The minimum Gasteiger partial charge on any atom is -0.357 e. The molecular weight excluding hydrogens is 344 g/mol. The van der Waals surface area contributed by atoms with Crippen molar-refractivity contribution in [3.8, 4) is 0 Å². The van der Waals surface area contributed by atoms with Gasteiger partial charge in [0.1, 0.15) is 0 Å². The van der Waals surface area contributed by atoms with Crippen molar-refractivity contribution in [2.24, 2.45) is 0 Å². The third kappa shape index (κ3) is 4.17. The normalized spacial score (nSPS) is 10.9. The second-order valence-corrected chi connectivity index (χ2v) is 7.50. The number of benzene rings is 2. The van der Waals surface area contributed by atoms with Gasteiger partial charge in [0.05, 0.1) is 11.3 Å². The highest BCUT2D eigenvalue weighted by Gasteiger charge is 2.08. The summed E-state index contributed by atoms with van der Waals surface area (Å²) in [7, 11) is 0. The fraction of sp³-hybridized carbons (Fsp3) is 0.238. The average molecular weight is 366 g/mol. The molecule has 0 saturated carbocycles. The molecule has 3 rings (SSSR count). The molecule has 0 aliphatic rings. The van der Waals surface area contributed by atoms with Gasteiger partial charge in [0.25, 0.3) is 0 Å². The van der Waals surface area contributed by atoms with Gasteiger partial charge in [-0.25, -0.2) is 0 Å². The van der Waals surface area contributed by atoms with Gasteiger partial charge >= 0.3 is 0 Å². The molecule has 0 bridgehead atoms. The first-order chi connectivity index (χ1) is 12.4. The second-order valence-electron chi connectivity index (χ2n) is 6.52. The van der Waals surface area contributed by atoms with E-state index in [1.165, 1.54) is 11.8 Å². The number of aromatic nitrogens is 1. The number of rotatable bonds is 5. The number of pyridine rings is 1. The van der Waals surface area contributed by atoms with E-state index < -0.39 is 0 Å². The number of fused-ring (bicyclic) bond motifs is 1. The lowest BCUT2D eigenvalue weighted by Gasteiger charge is -2.09. The Morgan fingerprint density at radius 1 is 1.08 bits per heavy atom. The van der Waals surface area contributed by atoms with E-state index >= 15 is 0 Å². The minimum atomic E-state index is -0.0425. The summed E-state index contributed by atoms with van der Waals surface area (Å²) >= 11 is 1.48. The van der Waals surface area contributed by atoms with Crippen LogP contribution in [0.25, 0.3) is 10.9 Å². The maximum Gasteiger partial charge on any atom is 0.234 e. The summed E-state index contributed by atoms with van der Waals surface area (Å²) in [5, 5.41) is 3.66. The van der Waals surface area contributed by atoms with Gasteiger partial charge < -0.3 is 10.3 Å². The van der Waals surface area contributed by atoms with Crippen molar-refractivity contribution in [2.45, 2.75) is 26.5 Å². The van der Waals surface area contributed by atoms with Crippen molar-refractivity contribution in [3.05, 3.63) is 75.1 Å². The summed E-state index contributed by atoms with van der Waals surface area (Å²) in [6.07, 6.45) is 0. The quantitative estimate of drug-likeness (QED) is 0.707. The average Bonchev–Trinajstić information content (AvgIpc) is 2.56. The van der Waals surface area contributed by atoms with Gasteiger partial charge in [-0.1, -0.05) is 24.3 Å². The molecule has 1 amide bonds. The zero-order valence-corrected chi connectivity index (χ0v) is 16.0. The molecule has 2 aromatic carbocycles. The lowest BCUT2D eigenvalue weighted by Crippen LogP contribution is -2.15. The highest BCUT2D eigenvalue weighted by molar-refractivity contribution is 7.99. The van der Waals surface area contributed by atoms with Gasteiger partial charge in [0, 0.05) is 28.6 Å². The first kappa shape index (κ1) is 18.3. The molecule has 2 N–H and O–H groups in total. The number of carbonyl (C=O) groups is 1. The fourth-order valence-electron chi connectivity index (χ4n) is 3.06. The zero-order valence-electron chi connectivity index (χ0n) is 15.2. The van der Waals surface area contributed by atoms with Crippen LogP contribution in [0.2, 0.25) is 0 Å². The molecule has 0 saturated heterocycles. The molecule has 0 aliphatic heterocycles. The highest BCUT2D eigenvalue weighted by Crippen LogP contribution is 2.18. The molecular formula is C21H22N2O2S. The largest absolute Gasteiger partial charge is 0.357 e. The monoisotopic (exact) mass is 366 g/mol. The van der Waals surface area contributed by atoms with E-state index in [0.717, 1.165) is 39.0 Å². The SMILES string of the molecule is Cc1cc(C)c2c(=O)cc(CSCC(=O)Nc3ccccc3C)[nH]c2c1. The van der Waals surface area contributed by atoms with Crippen LogP contribution < -0.4 is 10.7 Å². The summed E-state index contributed by atoms with van der Waals surface area (Å²) in [4.78, 5) is 27.8. The van der Waals surface area contributed by atoms with E-state index in [2.05, 4.69) is 10.3 Å². The number of amides is 1. The summed E-state index contributed by atoms with van der Waals surface area (Å²) in [6, 6.07) is 13.3. The Morgan fingerprint density at radius 3 is 2.62 bits per heavy atom. The van der Waals surface area contributed by atoms with Crippen molar-refractivity contribution < 1.29 is 4.79 Å². The van der Waals surface area contributed by atoms with E-state index in [4.69, 9.17) is 0 Å². The summed E-state index contributed by atoms with van der Waals surface area (Å²) in [5.41, 5.74) is 5.69. The van der Waals surface area contributed by atoms with Crippen molar-refractivity contribution in [1.29, 1.82) is 0 Å². The van der Waals surface area contributed by atoms with Crippen molar-refractivity contribution in [2.75, 3.05) is 11.1 Å². The van der Waals surface area contributed by atoms with Gasteiger partial charge in [0.2, 0.25) is 5.91 Å². The molecule has 0 fully saturated rings. The number of aryl methyl sites for hydroxylation is 3. The van der Waals surface area contributed by atoms with Crippen LogP contribution in [0.3, 0.4) is 0 Å². The van der Waals surface area contributed by atoms with Crippen LogP contribution in [0, 0.1) is 20.8 Å². The maximum absolute atomic E-state index is 12.4. The third-order valence-corrected chi connectivity index (χ3v) is 5.22. The molecule has 1 aromatic heterocycles. The Balaban J connectivity index is 1.66. The van der Waals surface area contributed by atoms with Crippen LogP contribution in [-0.4, -0.2) is 16.6 Å². The van der Waals surface area contributed by atoms with Gasteiger partial charge in [-0.05, 0) is 49.6 Å². The number of hydrogen-bond acceptors (Lipinski definition) is 3. The van der Waals surface area contributed by atoms with Crippen molar-refractivity contribution in [3.63, 3.8) is 0 Å². The number of H-pyrrole nitrogens is 1. The number of para-hydroxylation sites is 1. The van der Waals surface area contributed by atoms with E-state index in [9.17, 15) is 9.59 Å². The number of thioether (sulfide) groups is 1. The van der Waals surface area contributed by atoms with E-state index in [0.29, 0.717) is 11.5 Å². The van der Waals surface area contributed by atoms with E-state index in [1.807, 2.05) is 57.2 Å². The van der Waals surface area contributed by atoms with Gasteiger partial charge in [-0.15, -0.1) is 11.8 Å². The van der Waals surface area contributed by atoms with Crippen LogP contribution >= 0.6 is 11.8 Å². The lowest BCUT2D eigenvalue weighted by atomic mass is 10.1. The van der Waals surface area contributed by atoms with Gasteiger partial charge in [-0.2, -0.15) is 0 Å². The molecule has 0 aliphatic carbocycles. The van der Waals surface area contributed by atoms with Crippen LogP contribution in [0.15, 0.2) is 47.3 Å². The van der Waals surface area contributed by atoms with Crippen LogP contribution in [0.5, 0.6) is 0 Å². The van der Waals surface area contributed by atoms with Crippen molar-refractivity contribution >= 4 is 34.3 Å². The molecule has 1 heterocycles. The smallest absolute Gasteiger partial charge is 0.234 e. The maximum atomic E-state index is 12.4. The lowest BCUT2D eigenvalue weighted by molar-refractivity contribution is -0.113. The predicted octanol–water partition coefficient (Wildman–Crippen LogP) is 4.33. The second kappa shape index (κ2) is 7.79. The topological polar surface area (TPSA) is 62.0 Å². The summed E-state index contributed by atoms with van der Waals surface area (Å²) < 4.78 is 0. The first-order valence-corrected chi connectivity index (χ1v) is 9.66. The number of aromatic amines is 1.